The maximum atomic E-state index is 9.25. The van der Waals surface area contributed by atoms with E-state index in [2.05, 4.69) is 5.16 Å². The Bertz CT molecular complexity index is 589. The molecular formula is C14H11Cl2NO2. The van der Waals surface area contributed by atoms with Crippen LogP contribution in [0.4, 0.5) is 0 Å². The molecule has 0 unspecified atom stereocenters. The van der Waals surface area contributed by atoms with Gasteiger partial charge in [-0.25, -0.2) is 0 Å². The second kappa shape index (κ2) is 5.95. The Hall–Kier alpha value is -1.71. The van der Waals surface area contributed by atoms with Crippen molar-refractivity contribution in [2.24, 2.45) is 5.16 Å². The lowest BCUT2D eigenvalue weighted by Crippen LogP contribution is -2.05. The van der Waals surface area contributed by atoms with E-state index in [1.165, 1.54) is 0 Å². The van der Waals surface area contributed by atoms with Crippen LogP contribution in [-0.2, 0) is 0 Å². The lowest BCUT2D eigenvalue weighted by molar-refractivity contribution is 0.319. The van der Waals surface area contributed by atoms with E-state index in [1.807, 2.05) is 0 Å². The van der Waals surface area contributed by atoms with Gasteiger partial charge in [-0.3, -0.25) is 0 Å². The largest absolute Gasteiger partial charge is 0.497 e. The van der Waals surface area contributed by atoms with Gasteiger partial charge >= 0.3 is 0 Å². The van der Waals surface area contributed by atoms with Crippen molar-refractivity contribution in [1.82, 2.24) is 0 Å². The Balaban J connectivity index is 2.51. The number of halogens is 2. The monoisotopic (exact) mass is 295 g/mol. The van der Waals surface area contributed by atoms with Crippen molar-refractivity contribution in [1.29, 1.82) is 0 Å². The van der Waals surface area contributed by atoms with Crippen LogP contribution in [0.5, 0.6) is 5.75 Å². The molecule has 2 rings (SSSR count). The molecule has 3 nitrogen and oxygen atoms in total. The number of hydrogen-bond acceptors (Lipinski definition) is 3. The molecule has 0 fully saturated rings. The molecule has 0 heterocycles. The Morgan fingerprint density at radius 1 is 1.05 bits per heavy atom. The van der Waals surface area contributed by atoms with E-state index in [0.717, 1.165) is 0 Å². The van der Waals surface area contributed by atoms with Crippen molar-refractivity contribution in [3.63, 3.8) is 0 Å². The maximum absolute atomic E-state index is 9.25. The highest BCUT2D eigenvalue weighted by atomic mass is 35.5. The molecule has 0 saturated heterocycles. The van der Waals surface area contributed by atoms with Crippen molar-refractivity contribution in [3.8, 4) is 5.75 Å². The lowest BCUT2D eigenvalue weighted by Gasteiger charge is -2.09. The third kappa shape index (κ3) is 2.83. The summed E-state index contributed by atoms with van der Waals surface area (Å²) in [4.78, 5) is 0. The molecule has 0 spiro atoms. The molecule has 2 aromatic carbocycles. The highest BCUT2D eigenvalue weighted by Crippen LogP contribution is 2.28. The first kappa shape index (κ1) is 13.7. The number of methoxy groups -OCH3 is 1. The van der Waals surface area contributed by atoms with E-state index < -0.39 is 0 Å². The summed E-state index contributed by atoms with van der Waals surface area (Å²) in [5.74, 6) is 0.714. The number of hydrogen-bond donors (Lipinski definition) is 1. The minimum Gasteiger partial charge on any atom is -0.497 e. The zero-order valence-corrected chi connectivity index (χ0v) is 11.6. The standard InChI is InChI=1S/C14H11Cl2NO2/c1-19-10-7-5-9(6-8-10)14(17-18)13-11(15)3-2-4-12(13)16/h2-8,18H,1H3/b17-14+. The van der Waals surface area contributed by atoms with Crippen molar-refractivity contribution in [2.45, 2.75) is 0 Å². The number of nitrogens with zero attached hydrogens (tertiary/aromatic N) is 1. The quantitative estimate of drug-likeness (QED) is 0.523. The van der Waals surface area contributed by atoms with E-state index in [4.69, 9.17) is 27.9 Å². The average molecular weight is 296 g/mol. The molecule has 0 aliphatic rings. The van der Waals surface area contributed by atoms with Gasteiger partial charge < -0.3 is 9.94 Å². The van der Waals surface area contributed by atoms with Gasteiger partial charge in [-0.1, -0.05) is 34.4 Å². The molecule has 0 bridgehead atoms. The van der Waals surface area contributed by atoms with Gasteiger partial charge in [0.2, 0.25) is 0 Å². The molecule has 0 aliphatic carbocycles. The maximum Gasteiger partial charge on any atom is 0.120 e. The Morgan fingerprint density at radius 2 is 1.63 bits per heavy atom. The van der Waals surface area contributed by atoms with E-state index >= 15 is 0 Å². The van der Waals surface area contributed by atoms with Crippen molar-refractivity contribution in [3.05, 3.63) is 63.6 Å². The van der Waals surface area contributed by atoms with Crippen molar-refractivity contribution >= 4 is 28.9 Å². The van der Waals surface area contributed by atoms with Gasteiger partial charge in [-0.15, -0.1) is 0 Å². The van der Waals surface area contributed by atoms with Gasteiger partial charge in [0.05, 0.1) is 17.2 Å². The smallest absolute Gasteiger partial charge is 0.120 e. The molecule has 5 heteroatoms. The summed E-state index contributed by atoms with van der Waals surface area (Å²) in [5.41, 5.74) is 1.51. The average Bonchev–Trinajstić information content (AvgIpc) is 2.43. The molecule has 0 amide bonds. The second-order valence-electron chi connectivity index (χ2n) is 3.77. The van der Waals surface area contributed by atoms with Crippen LogP contribution in [-0.4, -0.2) is 18.0 Å². The van der Waals surface area contributed by atoms with Crippen molar-refractivity contribution in [2.75, 3.05) is 7.11 Å². The summed E-state index contributed by atoms with van der Waals surface area (Å²) < 4.78 is 5.08. The normalized spacial score (nSPS) is 11.4. The predicted molar refractivity (Wildman–Crippen MR) is 76.9 cm³/mol. The van der Waals surface area contributed by atoms with E-state index in [1.54, 1.807) is 49.6 Å². The first-order chi connectivity index (χ1) is 9.17. The molecule has 2 aromatic rings. The summed E-state index contributed by atoms with van der Waals surface area (Å²) in [6.07, 6.45) is 0. The minimum atomic E-state index is 0.318. The van der Waals surface area contributed by atoms with Gasteiger partial charge in [0.15, 0.2) is 0 Å². The molecule has 0 aromatic heterocycles. The fraction of sp³-hybridized carbons (Fsp3) is 0.0714. The molecule has 1 N–H and O–H groups in total. The zero-order valence-electron chi connectivity index (χ0n) is 10.1. The number of benzene rings is 2. The topological polar surface area (TPSA) is 41.8 Å². The minimum absolute atomic E-state index is 0.318. The number of ether oxygens (including phenoxy) is 1. The van der Waals surface area contributed by atoms with Crippen molar-refractivity contribution < 1.29 is 9.94 Å². The zero-order chi connectivity index (χ0) is 13.8. The highest BCUT2D eigenvalue weighted by Gasteiger charge is 2.15. The fourth-order valence-corrected chi connectivity index (χ4v) is 2.30. The fourth-order valence-electron chi connectivity index (χ4n) is 1.73. The first-order valence-corrected chi connectivity index (χ1v) is 6.24. The van der Waals surface area contributed by atoms with Crippen LogP contribution in [0.3, 0.4) is 0 Å². The third-order valence-electron chi connectivity index (χ3n) is 2.66. The third-order valence-corrected chi connectivity index (χ3v) is 3.29. The predicted octanol–water partition coefficient (Wildman–Crippen LogP) is 4.23. The second-order valence-corrected chi connectivity index (χ2v) is 4.59. The van der Waals surface area contributed by atoms with Gasteiger partial charge in [0.25, 0.3) is 0 Å². The molecular weight excluding hydrogens is 285 g/mol. The molecule has 0 radical (unpaired) electrons. The Kier molecular flexibility index (Phi) is 4.30. The van der Waals surface area contributed by atoms with Gasteiger partial charge in [-0.05, 0) is 36.4 Å². The summed E-state index contributed by atoms with van der Waals surface area (Å²) in [6.45, 7) is 0. The van der Waals surface area contributed by atoms with Crippen LogP contribution < -0.4 is 4.74 Å². The lowest BCUT2D eigenvalue weighted by atomic mass is 10.0. The Labute approximate surface area is 121 Å². The molecule has 0 aliphatic heterocycles. The Morgan fingerprint density at radius 3 is 2.11 bits per heavy atom. The molecule has 19 heavy (non-hydrogen) atoms. The van der Waals surface area contributed by atoms with E-state index in [9.17, 15) is 5.21 Å². The summed E-state index contributed by atoms with van der Waals surface area (Å²) >= 11 is 12.2. The number of oxime groups is 1. The number of rotatable bonds is 3. The molecule has 0 atom stereocenters. The summed E-state index contributed by atoms with van der Waals surface area (Å²) in [7, 11) is 1.58. The van der Waals surface area contributed by atoms with Crippen LogP contribution >= 0.6 is 23.2 Å². The molecule has 98 valence electrons. The van der Waals surface area contributed by atoms with Gasteiger partial charge in [-0.2, -0.15) is 0 Å². The van der Waals surface area contributed by atoms with E-state index in [-0.39, 0.29) is 0 Å². The van der Waals surface area contributed by atoms with Crippen LogP contribution in [0.25, 0.3) is 0 Å². The van der Waals surface area contributed by atoms with Gasteiger partial charge in [0.1, 0.15) is 11.5 Å². The van der Waals surface area contributed by atoms with Crippen LogP contribution in [0.15, 0.2) is 47.6 Å². The van der Waals surface area contributed by atoms with Gasteiger partial charge in [0, 0.05) is 11.1 Å². The first-order valence-electron chi connectivity index (χ1n) is 5.48. The van der Waals surface area contributed by atoms with Crippen LogP contribution in [0, 0.1) is 0 Å². The van der Waals surface area contributed by atoms with E-state index in [0.29, 0.717) is 32.6 Å². The SMILES string of the molecule is COc1ccc(/C(=N\O)c2c(Cl)cccc2Cl)cc1. The van der Waals surface area contributed by atoms with Crippen LogP contribution in [0.2, 0.25) is 10.0 Å². The highest BCUT2D eigenvalue weighted by molar-refractivity contribution is 6.41. The summed E-state index contributed by atoms with van der Waals surface area (Å²) in [5, 5.41) is 13.4. The molecule has 0 saturated carbocycles. The summed E-state index contributed by atoms with van der Waals surface area (Å²) in [6, 6.07) is 12.2. The van der Waals surface area contributed by atoms with Crippen LogP contribution in [0.1, 0.15) is 11.1 Å².